The van der Waals surface area contributed by atoms with Gasteiger partial charge in [0.2, 0.25) is 0 Å². The van der Waals surface area contributed by atoms with Gasteiger partial charge >= 0.3 is 7.69 Å². The summed E-state index contributed by atoms with van der Waals surface area (Å²) in [6.07, 6.45) is 14.4. The topological polar surface area (TPSA) is 40.5 Å². The molecule has 0 aromatic carbocycles. The summed E-state index contributed by atoms with van der Waals surface area (Å²) in [6.45, 7) is 4.56. The second kappa shape index (κ2) is 19.5. The molecule has 0 saturated carbocycles. The lowest BCUT2D eigenvalue weighted by molar-refractivity contribution is 0.448. The molecule has 0 aliphatic rings. The van der Waals surface area contributed by atoms with Crippen molar-refractivity contribution in [1.29, 1.82) is 0 Å². The van der Waals surface area contributed by atoms with Crippen LogP contribution in [0, 0.1) is 0 Å². The van der Waals surface area contributed by atoms with Crippen LogP contribution in [0.1, 0.15) is 78.1 Å². The van der Waals surface area contributed by atoms with E-state index in [1.54, 1.807) is 0 Å². The van der Waals surface area contributed by atoms with E-state index in [9.17, 15) is 0 Å². The first-order valence-electron chi connectivity index (χ1n) is 6.43. The fraction of sp³-hybridized carbons (Fsp3) is 1.00. The van der Waals surface area contributed by atoms with Crippen LogP contribution in [0.25, 0.3) is 0 Å². The van der Waals surface area contributed by atoms with Gasteiger partial charge in [0, 0.05) is 0 Å². The van der Waals surface area contributed by atoms with E-state index in [2.05, 4.69) is 13.8 Å². The van der Waals surface area contributed by atoms with Crippen LogP contribution in [0.5, 0.6) is 0 Å². The largest absolute Gasteiger partial charge is 0.482 e. The second-order valence-electron chi connectivity index (χ2n) is 3.94. The van der Waals surface area contributed by atoms with Crippen molar-refractivity contribution in [2.24, 2.45) is 0 Å². The van der Waals surface area contributed by atoms with E-state index in [0.29, 0.717) is 0 Å². The lowest BCUT2D eigenvalue weighted by Crippen LogP contribution is -1.80. The Hall–Kier alpha value is -0.0151. The average Bonchev–Trinajstić information content (AvgIpc) is 2.23. The molecule has 0 unspecified atom stereocenters. The fourth-order valence-corrected chi connectivity index (χ4v) is 1.56. The Morgan fingerprint density at radius 3 is 1.00 bits per heavy atom. The van der Waals surface area contributed by atoms with Crippen LogP contribution in [0.3, 0.4) is 0 Å². The molecule has 2 nitrogen and oxygen atoms in total. The predicted octanol–water partition coefficient (Wildman–Crippen LogP) is 3.43. The highest BCUT2D eigenvalue weighted by Crippen LogP contribution is 2.09. The van der Waals surface area contributed by atoms with E-state index in [0.717, 1.165) is 0 Å². The number of rotatable bonds is 9. The van der Waals surface area contributed by atoms with Crippen molar-refractivity contribution in [3.8, 4) is 0 Å². The van der Waals surface area contributed by atoms with Gasteiger partial charge in [0.15, 0.2) is 0 Å². The summed E-state index contributed by atoms with van der Waals surface area (Å²) < 4.78 is 0. The van der Waals surface area contributed by atoms with E-state index in [1.165, 1.54) is 64.2 Å². The zero-order valence-electron chi connectivity index (χ0n) is 10.5. The lowest BCUT2D eigenvalue weighted by Gasteiger charge is -1.99. The molecule has 0 aromatic heterocycles. The van der Waals surface area contributed by atoms with Crippen molar-refractivity contribution in [1.82, 2.24) is 0 Å². The quantitative estimate of drug-likeness (QED) is 0.457. The molecule has 0 aromatic rings. The first kappa shape index (κ1) is 17.4. The average molecular weight is 215 g/mol. The van der Waals surface area contributed by atoms with E-state index >= 15 is 0 Å². The maximum absolute atomic E-state index is 7.00. The molecule has 3 heteroatoms. The van der Waals surface area contributed by atoms with Gasteiger partial charge in [-0.05, 0) is 0 Å². The molecule has 15 heavy (non-hydrogen) atoms. The van der Waals surface area contributed by atoms with E-state index in [1.807, 2.05) is 0 Å². The van der Waals surface area contributed by atoms with Gasteiger partial charge < -0.3 is 10.0 Å². The summed E-state index contributed by atoms with van der Waals surface area (Å²) in [7, 11) is 0. The number of hydrogen-bond acceptors (Lipinski definition) is 2. The van der Waals surface area contributed by atoms with Gasteiger partial charge in [-0.15, -0.1) is 0 Å². The molecule has 0 fully saturated rings. The van der Waals surface area contributed by atoms with Crippen molar-refractivity contribution in [3.05, 3.63) is 0 Å². The zero-order valence-corrected chi connectivity index (χ0v) is 10.5. The molecule has 0 aliphatic heterocycles. The Balaban J connectivity index is 0. The Bertz CT molecular complexity index is 79.7. The first-order valence-corrected chi connectivity index (χ1v) is 6.43. The van der Waals surface area contributed by atoms with E-state index in [-0.39, 0.29) is 7.69 Å². The molecular formula is C12H28BO2. The Labute approximate surface area is 96.4 Å². The van der Waals surface area contributed by atoms with Crippen LogP contribution >= 0.6 is 0 Å². The van der Waals surface area contributed by atoms with Crippen LogP contribution in [0.4, 0.5) is 0 Å². The van der Waals surface area contributed by atoms with E-state index < -0.39 is 0 Å². The normalized spacial score (nSPS) is 9.33. The van der Waals surface area contributed by atoms with Gasteiger partial charge in [-0.2, -0.15) is 0 Å². The summed E-state index contributed by atoms with van der Waals surface area (Å²) in [5, 5.41) is 14.0. The highest BCUT2D eigenvalue weighted by atomic mass is 16.4. The molecule has 0 spiro atoms. The first-order chi connectivity index (χ1) is 7.33. The Kier molecular flexibility index (Phi) is 22.6. The minimum absolute atomic E-state index is 0. The number of unbranched alkanes of at least 4 members (excludes halogenated alkanes) is 9. The summed E-state index contributed by atoms with van der Waals surface area (Å²) in [5.41, 5.74) is 0. The Morgan fingerprint density at radius 1 is 0.600 bits per heavy atom. The van der Waals surface area contributed by atoms with E-state index in [4.69, 9.17) is 10.0 Å². The molecule has 0 saturated heterocycles. The highest BCUT2D eigenvalue weighted by Gasteiger charge is 1.90. The molecule has 0 amide bonds. The van der Waals surface area contributed by atoms with Gasteiger partial charge in [-0.3, -0.25) is 0 Å². The van der Waals surface area contributed by atoms with Crippen molar-refractivity contribution in [2.75, 3.05) is 0 Å². The third kappa shape index (κ3) is 24.9. The van der Waals surface area contributed by atoms with Crippen LogP contribution in [-0.2, 0) is 0 Å². The zero-order chi connectivity index (χ0) is 11.8. The minimum Gasteiger partial charge on any atom is -0.429 e. The second-order valence-corrected chi connectivity index (χ2v) is 3.94. The summed E-state index contributed by atoms with van der Waals surface area (Å²) in [4.78, 5) is 0. The highest BCUT2D eigenvalue weighted by molar-refractivity contribution is 6.13. The SMILES string of the molecule is CCCCCCCCCCCC.O[B]O. The maximum Gasteiger partial charge on any atom is 0.482 e. The molecule has 0 rings (SSSR count). The van der Waals surface area contributed by atoms with Crippen LogP contribution in [-0.4, -0.2) is 17.7 Å². The summed E-state index contributed by atoms with van der Waals surface area (Å²) in [6, 6.07) is 0. The van der Waals surface area contributed by atoms with Crippen LogP contribution < -0.4 is 0 Å². The van der Waals surface area contributed by atoms with Crippen molar-refractivity contribution in [2.45, 2.75) is 78.1 Å². The van der Waals surface area contributed by atoms with Crippen molar-refractivity contribution < 1.29 is 10.0 Å². The predicted molar refractivity (Wildman–Crippen MR) is 67.7 cm³/mol. The lowest BCUT2D eigenvalue weighted by atomic mass is 10.1. The fourth-order valence-electron chi connectivity index (χ4n) is 1.56. The molecule has 0 bridgehead atoms. The summed E-state index contributed by atoms with van der Waals surface area (Å²) in [5.74, 6) is 0. The van der Waals surface area contributed by atoms with Gasteiger partial charge in [-0.1, -0.05) is 78.1 Å². The molecule has 0 heterocycles. The summed E-state index contributed by atoms with van der Waals surface area (Å²) >= 11 is 0. The number of hydrogen-bond donors (Lipinski definition) is 2. The standard InChI is InChI=1S/C12H26.BH2O2/c1-3-5-7-9-11-12-10-8-6-4-2;2-1-3/h3-12H2,1-2H3;2-3H. The molecule has 0 aliphatic carbocycles. The monoisotopic (exact) mass is 215 g/mol. The smallest absolute Gasteiger partial charge is 0.429 e. The van der Waals surface area contributed by atoms with Crippen molar-refractivity contribution >= 4 is 7.69 Å². The third-order valence-electron chi connectivity index (χ3n) is 2.46. The van der Waals surface area contributed by atoms with Crippen LogP contribution in [0.15, 0.2) is 0 Å². The van der Waals surface area contributed by atoms with Gasteiger partial charge in [0.05, 0.1) is 0 Å². The third-order valence-corrected chi connectivity index (χ3v) is 2.46. The molecule has 91 valence electrons. The molecular weight excluding hydrogens is 187 g/mol. The minimum atomic E-state index is 0. The molecule has 2 N–H and O–H groups in total. The van der Waals surface area contributed by atoms with Gasteiger partial charge in [0.1, 0.15) is 0 Å². The molecule has 1 radical (unpaired) electrons. The molecule has 0 atom stereocenters. The van der Waals surface area contributed by atoms with Gasteiger partial charge in [0.25, 0.3) is 0 Å². The Morgan fingerprint density at radius 2 is 0.800 bits per heavy atom. The van der Waals surface area contributed by atoms with Crippen LogP contribution in [0.2, 0.25) is 0 Å². The maximum atomic E-state index is 7.00. The van der Waals surface area contributed by atoms with Crippen molar-refractivity contribution in [3.63, 3.8) is 0 Å². The van der Waals surface area contributed by atoms with Gasteiger partial charge in [-0.25, -0.2) is 0 Å².